The molecule has 1 aromatic heterocycles. The van der Waals surface area contributed by atoms with Crippen molar-refractivity contribution in [2.24, 2.45) is 0 Å². The molecule has 2 N–H and O–H groups in total. The summed E-state index contributed by atoms with van der Waals surface area (Å²) in [4.78, 5) is 24.8. The Morgan fingerprint density at radius 2 is 1.85 bits per heavy atom. The van der Waals surface area contributed by atoms with Gasteiger partial charge in [-0.1, -0.05) is 25.5 Å². The van der Waals surface area contributed by atoms with Gasteiger partial charge in [0, 0.05) is 24.1 Å². The molecule has 1 aliphatic heterocycles. The van der Waals surface area contributed by atoms with E-state index < -0.39 is 15.8 Å². The Kier molecular flexibility index (Phi) is 6.26. The van der Waals surface area contributed by atoms with Gasteiger partial charge in [-0.2, -0.15) is 9.78 Å². The van der Waals surface area contributed by atoms with E-state index in [-0.39, 0.29) is 41.1 Å². The summed E-state index contributed by atoms with van der Waals surface area (Å²) in [7, 11) is -4.02. The first kappa shape index (κ1) is 23.6. The van der Waals surface area contributed by atoms with Gasteiger partial charge in [-0.15, -0.1) is 0 Å². The van der Waals surface area contributed by atoms with Crippen LogP contribution in [0.1, 0.15) is 47.8 Å². The number of aromatic nitrogens is 2. The first-order valence-electron chi connectivity index (χ1n) is 11.0. The molecular weight excluding hydrogens is 459 g/mol. The number of carbonyl (C=O) groups is 2. The van der Waals surface area contributed by atoms with E-state index in [1.54, 1.807) is 26.0 Å². The highest BCUT2D eigenvalue weighted by Gasteiger charge is 2.28. The molecule has 178 valence electrons. The first-order valence-corrected chi connectivity index (χ1v) is 12.4. The second-order valence-electron chi connectivity index (χ2n) is 8.32. The predicted molar refractivity (Wildman–Crippen MR) is 127 cm³/mol. The summed E-state index contributed by atoms with van der Waals surface area (Å²) in [5.41, 5.74) is 2.71. The van der Waals surface area contributed by atoms with Crippen LogP contribution in [0.5, 0.6) is 0 Å². The van der Waals surface area contributed by atoms with Crippen molar-refractivity contribution in [2.45, 2.75) is 51.3 Å². The van der Waals surface area contributed by atoms with Gasteiger partial charge in [0.25, 0.3) is 10.0 Å². The van der Waals surface area contributed by atoms with E-state index >= 15 is 0 Å². The Balaban J connectivity index is 1.83. The van der Waals surface area contributed by atoms with Crippen molar-refractivity contribution in [1.82, 2.24) is 9.78 Å². The molecule has 0 aliphatic carbocycles. The summed E-state index contributed by atoms with van der Waals surface area (Å²) < 4.78 is 43.8. The Bertz CT molecular complexity index is 1410. The van der Waals surface area contributed by atoms with Crippen molar-refractivity contribution >= 4 is 33.3 Å². The minimum Gasteiger partial charge on any atom is -0.310 e. The third-order valence-electron chi connectivity index (χ3n) is 5.68. The average Bonchev–Trinajstić information content (AvgIpc) is 3.06. The van der Waals surface area contributed by atoms with Crippen molar-refractivity contribution in [2.75, 3.05) is 10.0 Å². The number of sulfonamides is 1. The topological polar surface area (TPSA) is 110 Å². The molecule has 0 bridgehead atoms. The van der Waals surface area contributed by atoms with Crippen molar-refractivity contribution in [3.63, 3.8) is 0 Å². The highest BCUT2D eigenvalue weighted by Crippen LogP contribution is 2.36. The zero-order valence-electron chi connectivity index (χ0n) is 19.1. The summed E-state index contributed by atoms with van der Waals surface area (Å²) in [5.74, 6) is -0.775. The smallest absolute Gasteiger partial charge is 0.262 e. The molecule has 8 nitrogen and oxygen atoms in total. The molecule has 0 atom stereocenters. The molecule has 3 aromatic rings. The van der Waals surface area contributed by atoms with Crippen molar-refractivity contribution < 1.29 is 22.4 Å². The number of nitrogens with zero attached hydrogens (tertiary/aromatic N) is 2. The van der Waals surface area contributed by atoms with Crippen LogP contribution in [-0.4, -0.2) is 30.0 Å². The lowest BCUT2D eigenvalue weighted by Crippen LogP contribution is -2.15. The molecule has 2 heterocycles. The Morgan fingerprint density at radius 1 is 1.09 bits per heavy atom. The van der Waals surface area contributed by atoms with Gasteiger partial charge in [0.15, 0.2) is 0 Å². The van der Waals surface area contributed by atoms with E-state index in [9.17, 15) is 22.4 Å². The minimum atomic E-state index is -4.02. The molecule has 4 rings (SSSR count). The Morgan fingerprint density at radius 3 is 2.56 bits per heavy atom. The van der Waals surface area contributed by atoms with Crippen LogP contribution in [0.4, 0.5) is 15.9 Å². The van der Waals surface area contributed by atoms with Gasteiger partial charge >= 0.3 is 0 Å². The maximum Gasteiger partial charge on any atom is 0.262 e. The molecule has 0 saturated carbocycles. The number of rotatable bonds is 6. The molecule has 34 heavy (non-hydrogen) atoms. The Labute approximate surface area is 197 Å². The zero-order chi connectivity index (χ0) is 24.6. The number of aryl methyl sites for hydroxylation is 3. The van der Waals surface area contributed by atoms with Crippen molar-refractivity contribution in [3.8, 4) is 11.1 Å². The van der Waals surface area contributed by atoms with Crippen LogP contribution in [0.15, 0.2) is 41.3 Å². The molecule has 0 saturated heterocycles. The highest BCUT2D eigenvalue weighted by molar-refractivity contribution is 7.92. The Hall–Kier alpha value is -3.53. The molecule has 2 aromatic carbocycles. The van der Waals surface area contributed by atoms with E-state index in [0.717, 1.165) is 6.42 Å². The van der Waals surface area contributed by atoms with Crippen LogP contribution < -0.4 is 10.0 Å². The fourth-order valence-electron chi connectivity index (χ4n) is 3.96. The van der Waals surface area contributed by atoms with Gasteiger partial charge in [-0.05, 0) is 61.2 Å². The van der Waals surface area contributed by atoms with Crippen LogP contribution in [0.2, 0.25) is 0 Å². The predicted octanol–water partition coefficient (Wildman–Crippen LogP) is 4.43. The van der Waals surface area contributed by atoms with E-state index in [2.05, 4.69) is 15.1 Å². The second kappa shape index (κ2) is 9.02. The number of hydrogen-bond acceptors (Lipinski definition) is 5. The third-order valence-corrected chi connectivity index (χ3v) is 7.20. The zero-order valence-corrected chi connectivity index (χ0v) is 19.9. The van der Waals surface area contributed by atoms with E-state index in [1.165, 1.54) is 28.9 Å². The van der Waals surface area contributed by atoms with Gasteiger partial charge in [-0.25, -0.2) is 12.8 Å². The molecule has 1 aliphatic rings. The van der Waals surface area contributed by atoms with Crippen molar-refractivity contribution in [1.29, 1.82) is 0 Å². The monoisotopic (exact) mass is 484 g/mol. The van der Waals surface area contributed by atoms with E-state index in [4.69, 9.17) is 0 Å². The van der Waals surface area contributed by atoms with Crippen LogP contribution in [0.3, 0.4) is 0 Å². The quantitative estimate of drug-likeness (QED) is 0.538. The summed E-state index contributed by atoms with van der Waals surface area (Å²) in [6, 6.07) is 8.90. The van der Waals surface area contributed by atoms with Crippen molar-refractivity contribution in [3.05, 3.63) is 59.0 Å². The van der Waals surface area contributed by atoms with Gasteiger partial charge in [0.05, 0.1) is 10.6 Å². The normalized spacial score (nSPS) is 13.9. The second-order valence-corrected chi connectivity index (χ2v) is 9.97. The molecular formula is C24H25FN4O4S. The number of benzene rings is 2. The molecule has 1 amide bonds. The molecule has 0 fully saturated rings. The number of halogens is 1. The summed E-state index contributed by atoms with van der Waals surface area (Å²) in [6.45, 7) is 5.19. The van der Waals surface area contributed by atoms with E-state index in [0.29, 0.717) is 34.4 Å². The number of anilines is 2. The average molecular weight is 485 g/mol. The fourth-order valence-corrected chi connectivity index (χ4v) is 5.28. The molecule has 0 unspecified atom stereocenters. The van der Waals surface area contributed by atoms with Gasteiger partial charge in [-0.3, -0.25) is 14.3 Å². The summed E-state index contributed by atoms with van der Waals surface area (Å²) >= 11 is 0. The SMILES string of the molecule is CCCc1nn2c(c1-c1ccc(C)c(S(=O)(=O)Nc3ccc(F)c(C)c3)c1)NC(=O)CCC2=O. The van der Waals surface area contributed by atoms with Gasteiger partial charge < -0.3 is 5.32 Å². The minimum absolute atomic E-state index is 0.0284. The maximum atomic E-state index is 13.6. The summed E-state index contributed by atoms with van der Waals surface area (Å²) in [5, 5.41) is 7.21. The third kappa shape index (κ3) is 4.45. The molecule has 10 heteroatoms. The lowest BCUT2D eigenvalue weighted by molar-refractivity contribution is -0.116. The lowest BCUT2D eigenvalue weighted by Gasteiger charge is -2.14. The van der Waals surface area contributed by atoms with Crippen LogP contribution >= 0.6 is 0 Å². The van der Waals surface area contributed by atoms with E-state index in [1.807, 2.05) is 6.92 Å². The largest absolute Gasteiger partial charge is 0.310 e. The maximum absolute atomic E-state index is 13.6. The number of fused-ring (bicyclic) bond motifs is 1. The van der Waals surface area contributed by atoms with Crippen LogP contribution in [-0.2, 0) is 21.2 Å². The van der Waals surface area contributed by atoms with Gasteiger partial charge in [0.2, 0.25) is 11.8 Å². The number of hydrogen-bond donors (Lipinski definition) is 2. The molecule has 0 spiro atoms. The summed E-state index contributed by atoms with van der Waals surface area (Å²) in [6.07, 6.45) is 1.38. The van der Waals surface area contributed by atoms with Crippen LogP contribution in [0, 0.1) is 19.7 Å². The number of carbonyl (C=O) groups excluding carboxylic acids is 2. The fraction of sp³-hybridized carbons (Fsp3) is 0.292. The molecule has 0 radical (unpaired) electrons. The highest BCUT2D eigenvalue weighted by atomic mass is 32.2. The standard InChI is InChI=1S/C24H25FN4O4S/c1-4-5-19-23(24-26-21(30)10-11-22(31)29(24)27-19)16-7-6-14(2)20(13-16)34(32,33)28-17-8-9-18(25)15(3)12-17/h6-9,12-13,28H,4-5,10-11H2,1-3H3,(H,26,30). The lowest BCUT2D eigenvalue weighted by atomic mass is 10.0. The van der Waals surface area contributed by atoms with Crippen LogP contribution in [0.25, 0.3) is 11.1 Å². The number of amides is 1. The number of nitrogens with one attached hydrogen (secondary N) is 2. The van der Waals surface area contributed by atoms with Gasteiger partial charge in [0.1, 0.15) is 11.6 Å². The first-order chi connectivity index (χ1) is 16.1.